The summed E-state index contributed by atoms with van der Waals surface area (Å²) in [7, 11) is 0. The number of hydrogen-bond acceptors (Lipinski definition) is 1. The summed E-state index contributed by atoms with van der Waals surface area (Å²) in [5, 5.41) is 0. The Kier molecular flexibility index (Phi) is 7.80. The number of anilines is 3. The van der Waals surface area contributed by atoms with Crippen molar-refractivity contribution in [2.24, 2.45) is 0 Å². The zero-order chi connectivity index (χ0) is 41.5. The Balaban J connectivity index is 1.05. The molecule has 3 aliphatic rings. The van der Waals surface area contributed by atoms with Crippen LogP contribution in [0.15, 0.2) is 249 Å². The van der Waals surface area contributed by atoms with Crippen LogP contribution in [0, 0.1) is 0 Å². The van der Waals surface area contributed by atoms with Crippen molar-refractivity contribution < 1.29 is 0 Å². The number of hydrogen-bond donors (Lipinski definition) is 0. The van der Waals surface area contributed by atoms with Crippen LogP contribution in [0.4, 0.5) is 17.1 Å². The molecule has 10 aromatic rings. The molecule has 0 radical (unpaired) electrons. The quantitative estimate of drug-likeness (QED) is 0.168. The van der Waals surface area contributed by atoms with Gasteiger partial charge in [-0.3, -0.25) is 0 Å². The van der Waals surface area contributed by atoms with E-state index in [0.29, 0.717) is 0 Å². The van der Waals surface area contributed by atoms with E-state index in [9.17, 15) is 0 Å². The largest absolute Gasteiger partial charge is 0.310 e. The van der Waals surface area contributed by atoms with Gasteiger partial charge in [0.1, 0.15) is 0 Å². The van der Waals surface area contributed by atoms with Gasteiger partial charge in [0.25, 0.3) is 0 Å². The Bertz CT molecular complexity index is 3290. The molecule has 0 N–H and O–H groups in total. The Hall–Kier alpha value is -8.00. The van der Waals surface area contributed by atoms with Crippen molar-refractivity contribution in [3.05, 3.63) is 282 Å². The van der Waals surface area contributed by atoms with E-state index in [1.807, 2.05) is 0 Å². The van der Waals surface area contributed by atoms with Gasteiger partial charge >= 0.3 is 0 Å². The highest BCUT2D eigenvalue weighted by atomic mass is 15.1. The van der Waals surface area contributed by atoms with Gasteiger partial charge < -0.3 is 4.90 Å². The summed E-state index contributed by atoms with van der Waals surface area (Å²) >= 11 is 0. The molecule has 0 atom stereocenters. The first-order chi connectivity index (χ1) is 31.3. The SMILES string of the molecule is c1ccc(-c2ccc(-c3ccc(N(c4ccccc4)c4ccc5c(c4)-c4ccccc4C46c7ccccc7-c7ccccc7C54c4ccccc4-c4ccccc46)cc3)cc2)cc1. The first kappa shape index (κ1) is 35.7. The smallest absolute Gasteiger partial charge is 0.0647 e. The van der Waals surface area contributed by atoms with Gasteiger partial charge in [-0.2, -0.15) is 0 Å². The summed E-state index contributed by atoms with van der Waals surface area (Å²) in [5.74, 6) is 0. The van der Waals surface area contributed by atoms with Gasteiger partial charge in [0.15, 0.2) is 0 Å². The Morgan fingerprint density at radius 1 is 0.206 bits per heavy atom. The van der Waals surface area contributed by atoms with Crippen LogP contribution >= 0.6 is 0 Å². The van der Waals surface area contributed by atoms with E-state index in [1.165, 1.54) is 89.0 Å². The van der Waals surface area contributed by atoms with Crippen molar-refractivity contribution in [1.29, 1.82) is 0 Å². The standard InChI is InChI=1S/C62H41N/c1-3-17-42(18-4-1)43-31-33-44(34-32-43)45-35-37-47(38-36-45)63(46-19-5-2-6-20-46)48-39-40-60-54(41-48)53-25-11-16-30-59(53)61-55-26-12-7-21-49(55)51-23-9-14-28-57(51)62(60,61)58-29-15-10-24-52(58)50-22-8-13-27-56(50)61/h1-41H. The number of rotatable bonds is 5. The van der Waals surface area contributed by atoms with E-state index < -0.39 is 10.8 Å². The average Bonchev–Trinajstić information content (AvgIpc) is 3.37. The first-order valence-electron chi connectivity index (χ1n) is 22.0. The molecular formula is C62H41N. The summed E-state index contributed by atoms with van der Waals surface area (Å²) in [6.07, 6.45) is 0. The van der Waals surface area contributed by atoms with Crippen LogP contribution in [0.1, 0.15) is 33.4 Å². The zero-order valence-electron chi connectivity index (χ0n) is 34.6. The molecular weight excluding hydrogens is 759 g/mol. The van der Waals surface area contributed by atoms with Gasteiger partial charge in [-0.1, -0.05) is 212 Å². The second-order valence-corrected chi connectivity index (χ2v) is 17.1. The maximum Gasteiger partial charge on any atom is 0.0647 e. The second kappa shape index (κ2) is 13.8. The van der Waals surface area contributed by atoms with Crippen molar-refractivity contribution in [2.75, 3.05) is 4.90 Å². The average molecular weight is 800 g/mol. The highest BCUT2D eigenvalue weighted by Gasteiger charge is 2.66. The van der Waals surface area contributed by atoms with Crippen LogP contribution in [0.25, 0.3) is 55.6 Å². The van der Waals surface area contributed by atoms with Crippen molar-refractivity contribution in [3.8, 4) is 55.6 Å². The molecule has 0 unspecified atom stereocenters. The van der Waals surface area contributed by atoms with E-state index in [4.69, 9.17) is 0 Å². The van der Waals surface area contributed by atoms with E-state index in [0.717, 1.165) is 17.1 Å². The summed E-state index contributed by atoms with van der Waals surface area (Å²) in [6, 6.07) is 92.9. The molecule has 0 saturated heterocycles. The summed E-state index contributed by atoms with van der Waals surface area (Å²) in [4.78, 5) is 2.42. The molecule has 1 nitrogen and oxygen atoms in total. The topological polar surface area (TPSA) is 3.24 Å². The molecule has 3 aliphatic carbocycles. The lowest BCUT2D eigenvalue weighted by atomic mass is 9.38. The van der Waals surface area contributed by atoms with Crippen LogP contribution in [-0.2, 0) is 10.8 Å². The highest BCUT2D eigenvalue weighted by Crippen LogP contribution is 2.73. The van der Waals surface area contributed by atoms with E-state index in [1.54, 1.807) is 0 Å². The molecule has 0 aliphatic heterocycles. The molecule has 0 fully saturated rings. The molecule has 0 bridgehead atoms. The van der Waals surface area contributed by atoms with Gasteiger partial charge in [-0.05, 0) is 125 Å². The van der Waals surface area contributed by atoms with Crippen LogP contribution in [0.2, 0.25) is 0 Å². The highest BCUT2D eigenvalue weighted by molar-refractivity contribution is 5.99. The maximum atomic E-state index is 2.48. The fourth-order valence-electron chi connectivity index (χ4n) is 11.8. The van der Waals surface area contributed by atoms with Crippen LogP contribution in [-0.4, -0.2) is 0 Å². The molecule has 0 aromatic heterocycles. The zero-order valence-corrected chi connectivity index (χ0v) is 34.6. The molecule has 1 heteroatoms. The molecule has 294 valence electrons. The second-order valence-electron chi connectivity index (χ2n) is 17.1. The normalized spacial score (nSPS) is 17.0. The molecule has 0 heterocycles. The summed E-state index contributed by atoms with van der Waals surface area (Å²) < 4.78 is 0. The summed E-state index contributed by atoms with van der Waals surface area (Å²) in [5.41, 5.74) is 22.9. The molecule has 10 aromatic carbocycles. The molecule has 63 heavy (non-hydrogen) atoms. The van der Waals surface area contributed by atoms with E-state index in [-0.39, 0.29) is 0 Å². The van der Waals surface area contributed by atoms with Crippen LogP contribution < -0.4 is 4.90 Å². The Labute approximate surface area is 368 Å². The maximum absolute atomic E-state index is 2.48. The van der Waals surface area contributed by atoms with Gasteiger partial charge in [-0.15, -0.1) is 0 Å². The number of benzene rings is 10. The van der Waals surface area contributed by atoms with E-state index in [2.05, 4.69) is 254 Å². The van der Waals surface area contributed by atoms with Gasteiger partial charge in [0.05, 0.1) is 10.8 Å². The van der Waals surface area contributed by atoms with Gasteiger partial charge in [0, 0.05) is 17.1 Å². The van der Waals surface area contributed by atoms with Crippen LogP contribution in [0.3, 0.4) is 0 Å². The van der Waals surface area contributed by atoms with Crippen molar-refractivity contribution in [1.82, 2.24) is 0 Å². The van der Waals surface area contributed by atoms with Crippen molar-refractivity contribution >= 4 is 17.1 Å². The third-order valence-electron chi connectivity index (χ3n) is 14.2. The van der Waals surface area contributed by atoms with Crippen molar-refractivity contribution in [3.63, 3.8) is 0 Å². The fourth-order valence-corrected chi connectivity index (χ4v) is 11.8. The monoisotopic (exact) mass is 799 g/mol. The number of para-hydroxylation sites is 1. The Morgan fingerprint density at radius 3 is 0.921 bits per heavy atom. The fraction of sp³-hybridized carbons (Fsp3) is 0.0323. The lowest BCUT2D eigenvalue weighted by molar-refractivity contribution is 0.405. The lowest BCUT2D eigenvalue weighted by Gasteiger charge is -2.62. The minimum atomic E-state index is -0.583. The predicted octanol–water partition coefficient (Wildman–Crippen LogP) is 15.8. The van der Waals surface area contributed by atoms with E-state index >= 15 is 0 Å². The van der Waals surface area contributed by atoms with Gasteiger partial charge in [-0.25, -0.2) is 0 Å². The van der Waals surface area contributed by atoms with Crippen LogP contribution in [0.5, 0.6) is 0 Å². The molecule has 0 saturated carbocycles. The first-order valence-corrected chi connectivity index (χ1v) is 22.0. The minimum absolute atomic E-state index is 0.553. The number of nitrogens with zero attached hydrogens (tertiary/aromatic N) is 1. The minimum Gasteiger partial charge on any atom is -0.310 e. The Morgan fingerprint density at radius 2 is 0.492 bits per heavy atom. The summed E-state index contributed by atoms with van der Waals surface area (Å²) in [6.45, 7) is 0. The lowest BCUT2D eigenvalue weighted by Crippen LogP contribution is -2.58. The van der Waals surface area contributed by atoms with Gasteiger partial charge in [0.2, 0.25) is 0 Å². The van der Waals surface area contributed by atoms with Crippen molar-refractivity contribution in [2.45, 2.75) is 10.8 Å². The predicted molar refractivity (Wildman–Crippen MR) is 261 cm³/mol. The third-order valence-corrected chi connectivity index (χ3v) is 14.2. The third kappa shape index (κ3) is 4.88. The number of fused-ring (bicyclic) bond motifs is 9. The molecule has 0 amide bonds. The molecule has 0 spiro atoms. The molecule has 13 rings (SSSR count).